The van der Waals surface area contributed by atoms with Crippen LogP contribution in [0.25, 0.3) is 5.76 Å². The summed E-state index contributed by atoms with van der Waals surface area (Å²) < 4.78 is 18.9. The van der Waals surface area contributed by atoms with Crippen molar-refractivity contribution in [2.45, 2.75) is 26.8 Å². The van der Waals surface area contributed by atoms with Crippen LogP contribution in [0.2, 0.25) is 0 Å². The minimum absolute atomic E-state index is 0.00676. The number of aliphatic hydroxyl groups is 1. The molecule has 0 aromatic heterocycles. The zero-order valence-electron chi connectivity index (χ0n) is 18.9. The maximum atomic E-state index is 13.7. The summed E-state index contributed by atoms with van der Waals surface area (Å²) in [7, 11) is 1.52. The largest absolute Gasteiger partial charge is 0.507 e. The first-order valence-corrected chi connectivity index (χ1v) is 10.7. The minimum Gasteiger partial charge on any atom is -0.507 e. The summed E-state index contributed by atoms with van der Waals surface area (Å²) in [5.74, 6) is -2.19. The number of aryl methyl sites for hydroxylation is 1. The smallest absolute Gasteiger partial charge is 0.295 e. The number of nitrogens with zero attached hydrogens (tertiary/aromatic N) is 2. The van der Waals surface area contributed by atoms with E-state index in [1.807, 2.05) is 24.3 Å². The molecule has 2 aromatic carbocycles. The highest BCUT2D eigenvalue weighted by Crippen LogP contribution is 2.39. The van der Waals surface area contributed by atoms with Gasteiger partial charge >= 0.3 is 0 Å². The van der Waals surface area contributed by atoms with E-state index in [2.05, 4.69) is 18.7 Å². The maximum absolute atomic E-state index is 13.7. The number of benzene rings is 2. The Hall–Kier alpha value is -3.19. The number of ketones is 1. The summed E-state index contributed by atoms with van der Waals surface area (Å²) in [5.41, 5.74) is 2.35. The van der Waals surface area contributed by atoms with Gasteiger partial charge in [-0.05, 0) is 62.2 Å². The van der Waals surface area contributed by atoms with Crippen LogP contribution in [0.1, 0.15) is 36.6 Å². The van der Waals surface area contributed by atoms with Crippen LogP contribution in [-0.4, -0.2) is 55.0 Å². The average molecular weight is 441 g/mol. The molecule has 1 saturated heterocycles. The van der Waals surface area contributed by atoms with Gasteiger partial charge in [0.2, 0.25) is 0 Å². The number of hydrogen-bond acceptors (Lipinski definition) is 5. The number of likely N-dealkylation sites (tertiary alicyclic amines) is 1. The number of carbonyl (C=O) groups excluding carboxylic acids is 2. The Bertz CT molecular complexity index is 1030. The number of amides is 1. The van der Waals surface area contributed by atoms with Gasteiger partial charge < -0.3 is 19.6 Å². The second-order valence-electron chi connectivity index (χ2n) is 7.71. The molecule has 6 nitrogen and oxygen atoms in total. The van der Waals surface area contributed by atoms with E-state index in [1.165, 1.54) is 30.2 Å². The van der Waals surface area contributed by atoms with Crippen LogP contribution in [0.3, 0.4) is 0 Å². The number of rotatable bonds is 8. The van der Waals surface area contributed by atoms with Gasteiger partial charge in [0.15, 0.2) is 0 Å². The third-order valence-electron chi connectivity index (χ3n) is 5.85. The summed E-state index contributed by atoms with van der Waals surface area (Å²) >= 11 is 0. The molecule has 0 saturated carbocycles. The van der Waals surface area contributed by atoms with Gasteiger partial charge in [0.05, 0.1) is 18.2 Å². The van der Waals surface area contributed by atoms with Crippen molar-refractivity contribution in [1.29, 1.82) is 0 Å². The van der Waals surface area contributed by atoms with E-state index in [-0.39, 0.29) is 24.5 Å². The Kier molecular flexibility index (Phi) is 7.30. The molecule has 1 amide bonds. The fourth-order valence-corrected chi connectivity index (χ4v) is 4.05. The number of halogens is 1. The van der Waals surface area contributed by atoms with Gasteiger partial charge in [0.25, 0.3) is 11.7 Å². The zero-order valence-corrected chi connectivity index (χ0v) is 18.9. The van der Waals surface area contributed by atoms with Crippen molar-refractivity contribution in [2.75, 3.05) is 38.3 Å². The quantitative estimate of drug-likeness (QED) is 0.381. The van der Waals surface area contributed by atoms with E-state index >= 15 is 0 Å². The predicted octanol–water partition coefficient (Wildman–Crippen LogP) is 4.05. The summed E-state index contributed by atoms with van der Waals surface area (Å²) in [6.07, 6.45) is 0. The molecule has 32 heavy (non-hydrogen) atoms. The summed E-state index contributed by atoms with van der Waals surface area (Å²) in [5, 5.41) is 11.0. The van der Waals surface area contributed by atoms with Gasteiger partial charge in [-0.3, -0.25) is 9.59 Å². The van der Waals surface area contributed by atoms with Gasteiger partial charge in [-0.25, -0.2) is 4.39 Å². The topological polar surface area (TPSA) is 70.1 Å². The Balaban J connectivity index is 2.12. The van der Waals surface area contributed by atoms with Crippen molar-refractivity contribution < 1.29 is 23.8 Å². The first-order valence-electron chi connectivity index (χ1n) is 10.7. The van der Waals surface area contributed by atoms with Crippen molar-refractivity contribution in [3.63, 3.8) is 0 Å². The van der Waals surface area contributed by atoms with E-state index in [4.69, 9.17) is 4.74 Å². The molecule has 0 aliphatic carbocycles. The van der Waals surface area contributed by atoms with Crippen molar-refractivity contribution in [3.8, 4) is 0 Å². The van der Waals surface area contributed by atoms with E-state index in [0.717, 1.165) is 18.8 Å². The van der Waals surface area contributed by atoms with Crippen LogP contribution in [0.15, 0.2) is 48.0 Å². The molecule has 1 aliphatic rings. The number of hydrogen-bond donors (Lipinski definition) is 1. The Morgan fingerprint density at radius 3 is 2.34 bits per heavy atom. The summed E-state index contributed by atoms with van der Waals surface area (Å²) in [6, 6.07) is 11.0. The van der Waals surface area contributed by atoms with Gasteiger partial charge in [-0.2, -0.15) is 0 Å². The molecule has 1 heterocycles. The fraction of sp³-hybridized carbons (Fsp3) is 0.360. The monoisotopic (exact) mass is 440 g/mol. The van der Waals surface area contributed by atoms with Crippen molar-refractivity contribution >= 4 is 23.1 Å². The Labute approximate surface area is 187 Å². The molecule has 170 valence electrons. The number of Topliss-reactive ketones (excluding diaryl/α,β-unsaturated/α-hetero) is 1. The third kappa shape index (κ3) is 4.39. The maximum Gasteiger partial charge on any atom is 0.295 e. The highest BCUT2D eigenvalue weighted by molar-refractivity contribution is 6.46. The van der Waals surface area contributed by atoms with E-state index in [9.17, 15) is 19.1 Å². The molecule has 0 bridgehead atoms. The van der Waals surface area contributed by atoms with Crippen LogP contribution in [0.5, 0.6) is 0 Å². The van der Waals surface area contributed by atoms with E-state index < -0.39 is 23.5 Å². The van der Waals surface area contributed by atoms with Crippen LogP contribution in [-0.2, 0) is 14.3 Å². The minimum atomic E-state index is -0.765. The molecular weight excluding hydrogens is 411 g/mol. The molecule has 1 aliphatic heterocycles. The van der Waals surface area contributed by atoms with E-state index in [0.29, 0.717) is 16.7 Å². The number of carbonyl (C=O) groups is 2. The highest BCUT2D eigenvalue weighted by atomic mass is 19.1. The first-order chi connectivity index (χ1) is 15.3. The predicted molar refractivity (Wildman–Crippen MR) is 122 cm³/mol. The lowest BCUT2D eigenvalue weighted by atomic mass is 9.94. The number of aliphatic hydroxyl groups excluding tert-OH is 1. The fourth-order valence-electron chi connectivity index (χ4n) is 4.05. The third-order valence-corrected chi connectivity index (χ3v) is 5.85. The SMILES string of the molecule is CCN(CC)c1ccc(C2/C(=C(/O)c3ccc(F)c(C)c3)C(=O)C(=O)N2CCOC)cc1. The van der Waals surface area contributed by atoms with Crippen molar-refractivity contribution in [3.05, 3.63) is 70.5 Å². The normalized spacial score (nSPS) is 17.8. The second-order valence-corrected chi connectivity index (χ2v) is 7.71. The molecule has 0 radical (unpaired) electrons. The van der Waals surface area contributed by atoms with Crippen LogP contribution in [0.4, 0.5) is 10.1 Å². The molecule has 1 N–H and O–H groups in total. The van der Waals surface area contributed by atoms with Crippen LogP contribution < -0.4 is 4.90 Å². The zero-order chi connectivity index (χ0) is 23.4. The molecule has 0 spiro atoms. The Morgan fingerprint density at radius 1 is 1.12 bits per heavy atom. The van der Waals surface area contributed by atoms with Gasteiger partial charge in [-0.15, -0.1) is 0 Å². The molecule has 1 fully saturated rings. The van der Waals surface area contributed by atoms with Gasteiger partial charge in [0, 0.05) is 38.0 Å². The van der Waals surface area contributed by atoms with Gasteiger partial charge in [0.1, 0.15) is 11.6 Å². The van der Waals surface area contributed by atoms with Gasteiger partial charge in [-0.1, -0.05) is 12.1 Å². The highest BCUT2D eigenvalue weighted by Gasteiger charge is 2.45. The Morgan fingerprint density at radius 2 is 1.78 bits per heavy atom. The molecule has 2 aromatic rings. The lowest BCUT2D eigenvalue weighted by Crippen LogP contribution is -2.32. The summed E-state index contributed by atoms with van der Waals surface area (Å²) in [6.45, 7) is 7.87. The van der Waals surface area contributed by atoms with Crippen molar-refractivity contribution in [2.24, 2.45) is 0 Å². The average Bonchev–Trinajstić information content (AvgIpc) is 3.05. The van der Waals surface area contributed by atoms with Crippen LogP contribution >= 0.6 is 0 Å². The first kappa shape index (κ1) is 23.5. The molecule has 7 heteroatoms. The lowest BCUT2D eigenvalue weighted by molar-refractivity contribution is -0.140. The number of ether oxygens (including phenoxy) is 1. The van der Waals surface area contributed by atoms with E-state index in [1.54, 1.807) is 6.92 Å². The molecule has 3 rings (SSSR count). The summed E-state index contributed by atoms with van der Waals surface area (Å²) in [4.78, 5) is 29.4. The lowest BCUT2D eigenvalue weighted by Gasteiger charge is -2.26. The van der Waals surface area contributed by atoms with Crippen molar-refractivity contribution in [1.82, 2.24) is 4.90 Å². The second kappa shape index (κ2) is 9.96. The van der Waals surface area contributed by atoms with Crippen LogP contribution in [0, 0.1) is 12.7 Å². The molecule has 1 atom stereocenters. The number of methoxy groups -OCH3 is 1. The number of anilines is 1. The molecule has 1 unspecified atom stereocenters. The standard InChI is InChI=1S/C25H29FN2O4/c1-5-27(6-2)19-10-7-17(8-11-19)22-21(24(30)25(31)28(22)13-14-32-4)23(29)18-9-12-20(26)16(3)15-18/h7-12,15,22,29H,5-6,13-14H2,1-4H3/b23-21-. The molecular formula is C25H29FN2O4.